The Kier molecular flexibility index (Phi) is 3.63. The zero-order valence-electron chi connectivity index (χ0n) is 8.37. The lowest BCUT2D eigenvalue weighted by Crippen LogP contribution is -1.92. The van der Waals surface area contributed by atoms with Gasteiger partial charge in [0.05, 0.1) is 6.61 Å². The van der Waals surface area contributed by atoms with Gasteiger partial charge in [-0.15, -0.1) is 0 Å². The molecule has 0 aliphatic heterocycles. The molecule has 0 fully saturated rings. The Labute approximate surface area is 107 Å². The Morgan fingerprint density at radius 1 is 1.31 bits per heavy atom. The van der Waals surface area contributed by atoms with Crippen LogP contribution in [0.15, 0.2) is 28.9 Å². The van der Waals surface area contributed by atoms with Crippen LogP contribution in [0, 0.1) is 0 Å². The molecule has 3 nitrogen and oxygen atoms in total. The topological polar surface area (TPSA) is 48.9 Å². The number of nitrogens with zero attached hydrogens (tertiary/aromatic N) is 1. The second kappa shape index (κ2) is 4.99. The van der Waals surface area contributed by atoms with E-state index < -0.39 is 0 Å². The largest absolute Gasteiger partial charge is 0.396 e. The molecule has 0 atom stereocenters. The Balaban J connectivity index is 2.36. The van der Waals surface area contributed by atoms with Crippen LogP contribution in [0.2, 0.25) is 5.02 Å². The smallest absolute Gasteiger partial charge is 0.110 e. The van der Waals surface area contributed by atoms with E-state index in [1.165, 1.54) is 0 Å². The van der Waals surface area contributed by atoms with Crippen LogP contribution >= 0.6 is 27.5 Å². The van der Waals surface area contributed by atoms with E-state index in [9.17, 15) is 0 Å². The van der Waals surface area contributed by atoms with Gasteiger partial charge in [-0.3, -0.25) is 0 Å². The molecule has 1 heterocycles. The molecule has 1 aromatic heterocycles. The highest BCUT2D eigenvalue weighted by atomic mass is 79.9. The summed E-state index contributed by atoms with van der Waals surface area (Å²) in [5, 5.41) is 9.53. The minimum absolute atomic E-state index is 0.0833. The van der Waals surface area contributed by atoms with Gasteiger partial charge >= 0.3 is 0 Å². The van der Waals surface area contributed by atoms with Crippen molar-refractivity contribution < 1.29 is 5.11 Å². The van der Waals surface area contributed by atoms with Gasteiger partial charge in [0.15, 0.2) is 0 Å². The average Bonchev–Trinajstić information content (AvgIpc) is 2.61. The van der Waals surface area contributed by atoms with Gasteiger partial charge in [0, 0.05) is 17.0 Å². The number of aromatic nitrogens is 2. The molecule has 2 aromatic rings. The third-order valence-electron chi connectivity index (χ3n) is 2.17. The van der Waals surface area contributed by atoms with Crippen molar-refractivity contribution in [2.45, 2.75) is 6.42 Å². The van der Waals surface area contributed by atoms with Crippen LogP contribution < -0.4 is 0 Å². The summed E-state index contributed by atoms with van der Waals surface area (Å²) in [6.07, 6.45) is 0.520. The first-order valence-corrected chi connectivity index (χ1v) is 5.99. The second-order valence-corrected chi connectivity index (χ2v) is 4.56. The quantitative estimate of drug-likeness (QED) is 0.915. The fourth-order valence-electron chi connectivity index (χ4n) is 1.42. The molecule has 0 unspecified atom stereocenters. The summed E-state index contributed by atoms with van der Waals surface area (Å²) in [5.74, 6) is 0.763. The monoisotopic (exact) mass is 300 g/mol. The van der Waals surface area contributed by atoms with Crippen molar-refractivity contribution in [3.05, 3.63) is 39.7 Å². The predicted octanol–water partition coefficient (Wildman–Crippen LogP) is 3.03. The standard InChI is InChI=1S/C11H10BrClN2O/c12-11-10(14-9(15-11)5-6-16)7-1-3-8(13)4-2-7/h1-4,16H,5-6H2,(H,14,15). The molecule has 0 saturated carbocycles. The van der Waals surface area contributed by atoms with E-state index in [1.54, 1.807) is 0 Å². The summed E-state index contributed by atoms with van der Waals surface area (Å²) < 4.78 is 0.818. The van der Waals surface area contributed by atoms with Crippen LogP contribution in [-0.4, -0.2) is 21.7 Å². The van der Waals surface area contributed by atoms with Crippen LogP contribution in [0.1, 0.15) is 5.82 Å². The van der Waals surface area contributed by atoms with E-state index >= 15 is 0 Å². The van der Waals surface area contributed by atoms with Gasteiger partial charge in [-0.25, -0.2) is 4.98 Å². The van der Waals surface area contributed by atoms with Crippen LogP contribution in [-0.2, 0) is 6.42 Å². The van der Waals surface area contributed by atoms with E-state index in [0.29, 0.717) is 11.4 Å². The number of hydrogen-bond donors (Lipinski definition) is 2. The van der Waals surface area contributed by atoms with Gasteiger partial charge in [-0.2, -0.15) is 0 Å². The molecule has 0 amide bonds. The molecule has 2 N–H and O–H groups in total. The van der Waals surface area contributed by atoms with Gasteiger partial charge in [0.25, 0.3) is 0 Å². The van der Waals surface area contributed by atoms with Gasteiger partial charge in [-0.1, -0.05) is 23.7 Å². The van der Waals surface area contributed by atoms with Crippen molar-refractivity contribution in [3.8, 4) is 11.3 Å². The number of rotatable bonds is 3. The number of imidazole rings is 1. The predicted molar refractivity (Wildman–Crippen MR) is 67.5 cm³/mol. The third-order valence-corrected chi connectivity index (χ3v) is 3.00. The van der Waals surface area contributed by atoms with Crippen molar-refractivity contribution in [1.29, 1.82) is 0 Å². The summed E-state index contributed by atoms with van der Waals surface area (Å²) >= 11 is 9.23. The first-order chi connectivity index (χ1) is 7.70. The maximum Gasteiger partial charge on any atom is 0.110 e. The minimum Gasteiger partial charge on any atom is -0.396 e. The highest BCUT2D eigenvalue weighted by molar-refractivity contribution is 9.10. The molecule has 0 saturated heterocycles. The number of halogens is 2. The van der Waals surface area contributed by atoms with Crippen molar-refractivity contribution in [1.82, 2.24) is 9.97 Å². The van der Waals surface area contributed by atoms with Crippen LogP contribution in [0.3, 0.4) is 0 Å². The van der Waals surface area contributed by atoms with Crippen LogP contribution in [0.25, 0.3) is 11.3 Å². The number of aromatic amines is 1. The molecule has 0 aliphatic rings. The summed E-state index contributed by atoms with van der Waals surface area (Å²) in [6.45, 7) is 0.0833. The Morgan fingerprint density at radius 2 is 2.00 bits per heavy atom. The van der Waals surface area contributed by atoms with E-state index in [4.69, 9.17) is 16.7 Å². The molecule has 0 aliphatic carbocycles. The molecule has 0 spiro atoms. The summed E-state index contributed by atoms with van der Waals surface area (Å²) in [6, 6.07) is 7.46. The van der Waals surface area contributed by atoms with Crippen LogP contribution in [0.4, 0.5) is 0 Å². The van der Waals surface area contributed by atoms with Gasteiger partial charge < -0.3 is 10.1 Å². The number of hydrogen-bond acceptors (Lipinski definition) is 2. The number of benzene rings is 1. The molecule has 1 aromatic carbocycles. The number of nitrogens with one attached hydrogen (secondary N) is 1. The van der Waals surface area contributed by atoms with E-state index in [2.05, 4.69) is 25.9 Å². The van der Waals surface area contributed by atoms with Gasteiger partial charge in [-0.05, 0) is 28.1 Å². The summed E-state index contributed by atoms with van der Waals surface area (Å²) in [7, 11) is 0. The van der Waals surface area contributed by atoms with Crippen molar-refractivity contribution >= 4 is 27.5 Å². The zero-order valence-corrected chi connectivity index (χ0v) is 10.7. The van der Waals surface area contributed by atoms with Crippen molar-refractivity contribution in [3.63, 3.8) is 0 Å². The molecule has 84 valence electrons. The maximum atomic E-state index is 8.83. The normalized spacial score (nSPS) is 10.7. The Bertz CT molecular complexity index is 481. The van der Waals surface area contributed by atoms with Crippen molar-refractivity contribution in [2.75, 3.05) is 6.61 Å². The second-order valence-electron chi connectivity index (χ2n) is 3.33. The number of aliphatic hydroxyl groups is 1. The fourth-order valence-corrected chi connectivity index (χ4v) is 2.09. The summed E-state index contributed by atoms with van der Waals surface area (Å²) in [4.78, 5) is 7.47. The Morgan fingerprint density at radius 3 is 2.62 bits per heavy atom. The lowest BCUT2D eigenvalue weighted by atomic mass is 10.2. The van der Waals surface area contributed by atoms with Crippen molar-refractivity contribution in [2.24, 2.45) is 0 Å². The SMILES string of the molecule is OCCc1nc(-c2ccc(Cl)cc2)c(Br)[nH]1. The first-order valence-electron chi connectivity index (χ1n) is 4.82. The average molecular weight is 302 g/mol. The molecule has 2 rings (SSSR count). The van der Waals surface area contributed by atoms with Gasteiger partial charge in [0.2, 0.25) is 0 Å². The lowest BCUT2D eigenvalue weighted by Gasteiger charge is -1.97. The maximum absolute atomic E-state index is 8.83. The molecule has 0 radical (unpaired) electrons. The highest BCUT2D eigenvalue weighted by Crippen LogP contribution is 2.27. The molecule has 5 heteroatoms. The lowest BCUT2D eigenvalue weighted by molar-refractivity contribution is 0.297. The van der Waals surface area contributed by atoms with E-state index in [0.717, 1.165) is 21.7 Å². The fraction of sp³-hybridized carbons (Fsp3) is 0.182. The summed E-state index contributed by atoms with van der Waals surface area (Å²) in [5.41, 5.74) is 1.82. The van der Waals surface area contributed by atoms with Crippen LogP contribution in [0.5, 0.6) is 0 Å². The Hall–Kier alpha value is -0.840. The molecular formula is C11H10BrClN2O. The zero-order chi connectivity index (χ0) is 11.5. The molecule has 0 bridgehead atoms. The highest BCUT2D eigenvalue weighted by Gasteiger charge is 2.09. The minimum atomic E-state index is 0.0833. The third kappa shape index (κ3) is 2.45. The molecular weight excluding hydrogens is 291 g/mol. The van der Waals surface area contributed by atoms with E-state index in [-0.39, 0.29) is 6.61 Å². The number of aliphatic hydroxyl groups excluding tert-OH is 1. The number of H-pyrrole nitrogens is 1. The first kappa shape index (κ1) is 11.6. The van der Waals surface area contributed by atoms with E-state index in [1.807, 2.05) is 24.3 Å². The van der Waals surface area contributed by atoms with Gasteiger partial charge in [0.1, 0.15) is 16.1 Å². The molecule has 16 heavy (non-hydrogen) atoms.